The van der Waals surface area contributed by atoms with E-state index >= 15 is 0 Å². The first-order valence-corrected chi connectivity index (χ1v) is 11.6. The molecular formula is C29H20N2O5. The molecule has 1 fully saturated rings. The molecule has 7 nitrogen and oxygen atoms in total. The minimum absolute atomic E-state index is 0.0418. The average Bonchev–Trinajstić information content (AvgIpc) is 3.41. The third-order valence-electron chi connectivity index (χ3n) is 6.60. The number of imide groups is 1. The molecule has 1 atom stereocenters. The maximum Gasteiger partial charge on any atom is 0.316 e. The summed E-state index contributed by atoms with van der Waals surface area (Å²) in [4.78, 5) is 54.1. The summed E-state index contributed by atoms with van der Waals surface area (Å²) < 4.78 is 5.60. The van der Waals surface area contributed by atoms with E-state index in [1.165, 1.54) is 6.07 Å². The highest BCUT2D eigenvalue weighted by molar-refractivity contribution is 6.34. The van der Waals surface area contributed by atoms with Gasteiger partial charge in [-0.2, -0.15) is 0 Å². The van der Waals surface area contributed by atoms with Crippen molar-refractivity contribution in [1.29, 1.82) is 0 Å². The molecule has 0 N–H and O–H groups in total. The number of carbonyl (C=O) groups excluding carboxylic acids is 4. The number of benzene rings is 4. The van der Waals surface area contributed by atoms with Crippen LogP contribution in [-0.4, -0.2) is 30.2 Å². The van der Waals surface area contributed by atoms with Gasteiger partial charge in [-0.15, -0.1) is 0 Å². The maximum absolute atomic E-state index is 13.0. The molecule has 0 unspecified atom stereocenters. The van der Waals surface area contributed by atoms with Gasteiger partial charge in [-0.05, 0) is 35.7 Å². The highest BCUT2D eigenvalue weighted by Crippen LogP contribution is 2.33. The van der Waals surface area contributed by atoms with Crippen molar-refractivity contribution in [3.8, 4) is 5.75 Å². The molecule has 3 amide bonds. The largest absolute Gasteiger partial charge is 0.426 e. The van der Waals surface area contributed by atoms with Gasteiger partial charge >= 0.3 is 5.97 Å². The van der Waals surface area contributed by atoms with Crippen molar-refractivity contribution in [3.05, 3.63) is 102 Å². The number of hydrogen-bond donors (Lipinski definition) is 0. The van der Waals surface area contributed by atoms with Crippen LogP contribution in [0.15, 0.2) is 91.0 Å². The van der Waals surface area contributed by atoms with E-state index in [0.717, 1.165) is 21.4 Å². The Bertz CT molecular complexity index is 1540. The Kier molecular flexibility index (Phi) is 5.11. The first-order valence-electron chi connectivity index (χ1n) is 11.6. The normalized spacial score (nSPS) is 17.1. The maximum atomic E-state index is 13.0. The Labute approximate surface area is 206 Å². The molecule has 2 aliphatic rings. The number of rotatable bonds is 4. The first kappa shape index (κ1) is 21.7. The molecule has 1 saturated heterocycles. The third kappa shape index (κ3) is 3.53. The number of ether oxygens (including phenoxy) is 1. The average molecular weight is 476 g/mol. The first-order chi connectivity index (χ1) is 17.5. The van der Waals surface area contributed by atoms with Crippen LogP contribution in [0, 0.1) is 5.92 Å². The number of hydrogen-bond acceptors (Lipinski definition) is 5. The van der Waals surface area contributed by atoms with Gasteiger partial charge in [0.1, 0.15) is 5.75 Å². The zero-order valence-electron chi connectivity index (χ0n) is 19.1. The summed E-state index contributed by atoms with van der Waals surface area (Å²) in [5.41, 5.74) is 1.75. The van der Waals surface area contributed by atoms with E-state index in [9.17, 15) is 19.2 Å². The van der Waals surface area contributed by atoms with Crippen LogP contribution in [0.2, 0.25) is 0 Å². The summed E-state index contributed by atoms with van der Waals surface area (Å²) >= 11 is 0. The smallest absolute Gasteiger partial charge is 0.316 e. The highest BCUT2D eigenvalue weighted by atomic mass is 16.5. The van der Waals surface area contributed by atoms with E-state index in [-0.39, 0.29) is 24.6 Å². The summed E-state index contributed by atoms with van der Waals surface area (Å²) in [7, 11) is 0. The molecule has 176 valence electrons. The Morgan fingerprint density at radius 2 is 1.44 bits per heavy atom. The number of esters is 1. The van der Waals surface area contributed by atoms with E-state index in [1.54, 1.807) is 47.4 Å². The monoisotopic (exact) mass is 476 g/mol. The van der Waals surface area contributed by atoms with Crippen LogP contribution >= 0.6 is 0 Å². The van der Waals surface area contributed by atoms with Crippen molar-refractivity contribution in [2.24, 2.45) is 5.92 Å². The Balaban J connectivity index is 1.20. The minimum Gasteiger partial charge on any atom is -0.426 e. The molecule has 7 heteroatoms. The van der Waals surface area contributed by atoms with E-state index in [0.29, 0.717) is 16.8 Å². The lowest BCUT2D eigenvalue weighted by atomic mass is 10.1. The van der Waals surface area contributed by atoms with Gasteiger partial charge in [0.15, 0.2) is 0 Å². The Morgan fingerprint density at radius 3 is 2.22 bits per heavy atom. The molecule has 4 aromatic rings. The highest BCUT2D eigenvalue weighted by Gasteiger charge is 2.38. The van der Waals surface area contributed by atoms with Gasteiger partial charge in [-0.1, -0.05) is 54.6 Å². The van der Waals surface area contributed by atoms with Crippen LogP contribution in [0.1, 0.15) is 27.1 Å². The second kappa shape index (κ2) is 8.46. The lowest BCUT2D eigenvalue weighted by Crippen LogP contribution is -2.29. The molecule has 4 aromatic carbocycles. The van der Waals surface area contributed by atoms with Crippen LogP contribution in [0.4, 0.5) is 11.4 Å². The molecule has 2 aliphatic heterocycles. The van der Waals surface area contributed by atoms with Crippen LogP contribution in [0.5, 0.6) is 5.75 Å². The molecular weight excluding hydrogens is 456 g/mol. The predicted molar refractivity (Wildman–Crippen MR) is 134 cm³/mol. The zero-order valence-corrected chi connectivity index (χ0v) is 19.1. The van der Waals surface area contributed by atoms with E-state index in [2.05, 4.69) is 0 Å². The number of anilines is 2. The van der Waals surface area contributed by atoms with Crippen LogP contribution in [0.3, 0.4) is 0 Å². The molecule has 6 rings (SSSR count). The molecule has 0 bridgehead atoms. The Hall–Kier alpha value is -4.78. The van der Waals surface area contributed by atoms with E-state index in [4.69, 9.17) is 4.74 Å². The molecule has 36 heavy (non-hydrogen) atoms. The Morgan fingerprint density at radius 1 is 0.778 bits per heavy atom. The quantitative estimate of drug-likeness (QED) is 0.244. The SMILES string of the molecule is O=C(Oc1cccc(N2C(=O)c3ccccc3C2=O)c1)[C@@H]1CC(=O)N(c2cccc3ccccc23)C1. The number of carbonyl (C=O) groups is 4. The number of nitrogens with zero attached hydrogens (tertiary/aromatic N) is 2. The molecule has 0 aromatic heterocycles. The topological polar surface area (TPSA) is 84.0 Å². The summed E-state index contributed by atoms with van der Waals surface area (Å²) in [6.07, 6.45) is 0.0418. The third-order valence-corrected chi connectivity index (χ3v) is 6.60. The summed E-state index contributed by atoms with van der Waals surface area (Å²) in [5.74, 6) is -1.97. The van der Waals surface area contributed by atoms with Gasteiger partial charge in [0.2, 0.25) is 5.91 Å². The fourth-order valence-electron chi connectivity index (χ4n) is 4.85. The molecule has 0 radical (unpaired) electrons. The van der Waals surface area contributed by atoms with Gasteiger partial charge in [-0.25, -0.2) is 4.90 Å². The van der Waals surface area contributed by atoms with Crippen molar-refractivity contribution in [2.45, 2.75) is 6.42 Å². The van der Waals surface area contributed by atoms with Crippen molar-refractivity contribution >= 4 is 45.8 Å². The van der Waals surface area contributed by atoms with Crippen LogP contribution in [0.25, 0.3) is 10.8 Å². The molecule has 0 aliphatic carbocycles. The van der Waals surface area contributed by atoms with Gasteiger partial charge < -0.3 is 9.64 Å². The second-order valence-corrected chi connectivity index (χ2v) is 8.81. The van der Waals surface area contributed by atoms with E-state index in [1.807, 2.05) is 42.5 Å². The van der Waals surface area contributed by atoms with Crippen molar-refractivity contribution in [2.75, 3.05) is 16.3 Å². The van der Waals surface area contributed by atoms with Gasteiger partial charge in [0.05, 0.1) is 28.4 Å². The zero-order chi connectivity index (χ0) is 24.8. The fourth-order valence-corrected chi connectivity index (χ4v) is 4.85. The second-order valence-electron chi connectivity index (χ2n) is 8.81. The number of amides is 3. The van der Waals surface area contributed by atoms with Crippen molar-refractivity contribution < 1.29 is 23.9 Å². The lowest BCUT2D eigenvalue weighted by Gasteiger charge is -2.19. The van der Waals surface area contributed by atoms with E-state index < -0.39 is 23.7 Å². The molecule has 0 saturated carbocycles. The van der Waals surface area contributed by atoms with Gasteiger partial charge in [0.25, 0.3) is 11.8 Å². The molecule has 0 spiro atoms. The molecule has 2 heterocycles. The number of fused-ring (bicyclic) bond motifs is 2. The minimum atomic E-state index is -0.639. The van der Waals surface area contributed by atoms with Gasteiger partial charge in [-0.3, -0.25) is 19.2 Å². The standard InChI is InChI=1S/C29H20N2O5/c32-26-15-19(17-30(26)25-14-5-8-18-7-1-2-11-22(18)25)29(35)36-21-10-6-9-20(16-21)31-27(33)23-12-3-4-13-24(23)28(31)34/h1-14,16,19H,15,17H2/t19-/m1/s1. The summed E-state index contributed by atoms with van der Waals surface area (Å²) in [6.45, 7) is 0.212. The van der Waals surface area contributed by atoms with Crippen molar-refractivity contribution in [3.63, 3.8) is 0 Å². The summed E-state index contributed by atoms with van der Waals surface area (Å²) in [5, 5.41) is 1.95. The summed E-state index contributed by atoms with van der Waals surface area (Å²) in [6, 6.07) is 26.5. The van der Waals surface area contributed by atoms with Gasteiger partial charge in [0, 0.05) is 24.4 Å². The fraction of sp³-hybridized carbons (Fsp3) is 0.103. The van der Waals surface area contributed by atoms with Crippen molar-refractivity contribution in [1.82, 2.24) is 0 Å². The van der Waals surface area contributed by atoms with Crippen LogP contribution < -0.4 is 14.5 Å². The van der Waals surface area contributed by atoms with Crippen LogP contribution in [-0.2, 0) is 9.59 Å². The lowest BCUT2D eigenvalue weighted by molar-refractivity contribution is -0.139. The predicted octanol–water partition coefficient (Wildman–Crippen LogP) is 4.60.